The Hall–Kier alpha value is -1.34. The molecule has 0 aliphatic rings. The predicted molar refractivity (Wildman–Crippen MR) is 71.3 cm³/mol. The normalized spacial score (nSPS) is 11.6. The minimum absolute atomic E-state index is 0.0262. The first-order valence-corrected chi connectivity index (χ1v) is 6.72. The molecule has 0 saturated carbocycles. The molecule has 0 fully saturated rings. The van der Waals surface area contributed by atoms with Crippen molar-refractivity contribution in [2.24, 2.45) is 0 Å². The summed E-state index contributed by atoms with van der Waals surface area (Å²) in [5, 5.41) is 1.67. The molecule has 0 unspecified atom stereocenters. The summed E-state index contributed by atoms with van der Waals surface area (Å²) >= 11 is 4.31. The van der Waals surface area contributed by atoms with Gasteiger partial charge in [-0.2, -0.15) is 13.2 Å². The molecule has 0 radical (unpaired) electrons. The molecular formula is C12H7BrF3NOS. The minimum Gasteiger partial charge on any atom is -0.398 e. The number of nitrogens with two attached hydrogens (primary N) is 1. The predicted octanol–water partition coefficient (Wildman–Crippen LogP) is 4.34. The molecule has 100 valence electrons. The summed E-state index contributed by atoms with van der Waals surface area (Å²) < 4.78 is 38.4. The van der Waals surface area contributed by atoms with E-state index in [1.807, 2.05) is 0 Å². The van der Waals surface area contributed by atoms with Crippen LogP contribution in [0.1, 0.15) is 20.8 Å². The van der Waals surface area contributed by atoms with Crippen LogP contribution < -0.4 is 5.73 Å². The third kappa shape index (κ3) is 2.82. The quantitative estimate of drug-likeness (QED) is 0.647. The largest absolute Gasteiger partial charge is 0.416 e. The SMILES string of the molecule is Nc1ccc(C(F)(F)F)cc1C(=O)c1sccc1Br. The molecule has 0 atom stereocenters. The monoisotopic (exact) mass is 349 g/mol. The second kappa shape index (κ2) is 4.97. The maximum Gasteiger partial charge on any atom is 0.416 e. The van der Waals surface area contributed by atoms with E-state index in [1.54, 1.807) is 11.4 Å². The van der Waals surface area contributed by atoms with E-state index in [0.29, 0.717) is 9.35 Å². The lowest BCUT2D eigenvalue weighted by Crippen LogP contribution is -2.10. The van der Waals surface area contributed by atoms with Crippen LogP contribution in [0, 0.1) is 0 Å². The number of ketones is 1. The molecule has 0 amide bonds. The molecule has 2 aromatic rings. The summed E-state index contributed by atoms with van der Waals surface area (Å²) in [6, 6.07) is 4.39. The van der Waals surface area contributed by atoms with Crippen LogP contribution in [-0.2, 0) is 6.18 Å². The van der Waals surface area contributed by atoms with Gasteiger partial charge in [0.1, 0.15) is 0 Å². The molecule has 0 spiro atoms. The van der Waals surface area contributed by atoms with Crippen LogP contribution in [-0.4, -0.2) is 5.78 Å². The van der Waals surface area contributed by atoms with Gasteiger partial charge in [-0.3, -0.25) is 4.79 Å². The molecule has 0 saturated heterocycles. The summed E-state index contributed by atoms with van der Waals surface area (Å²) in [5.74, 6) is -0.523. The Bertz CT molecular complexity index is 636. The van der Waals surface area contributed by atoms with Crippen LogP contribution in [0.5, 0.6) is 0 Å². The summed E-state index contributed by atoms with van der Waals surface area (Å²) in [4.78, 5) is 12.5. The number of carbonyl (C=O) groups is 1. The van der Waals surface area contributed by atoms with Crippen LogP contribution in [0.25, 0.3) is 0 Å². The molecule has 0 aliphatic carbocycles. The lowest BCUT2D eigenvalue weighted by atomic mass is 10.0. The highest BCUT2D eigenvalue weighted by Gasteiger charge is 2.32. The molecule has 2 N–H and O–H groups in total. The molecule has 1 heterocycles. The van der Waals surface area contributed by atoms with Crippen molar-refractivity contribution in [2.45, 2.75) is 6.18 Å². The summed E-state index contributed by atoms with van der Waals surface area (Å²) in [6.45, 7) is 0. The minimum atomic E-state index is -4.50. The van der Waals surface area contributed by atoms with Crippen molar-refractivity contribution in [3.8, 4) is 0 Å². The van der Waals surface area contributed by atoms with Crippen molar-refractivity contribution in [1.29, 1.82) is 0 Å². The number of carbonyl (C=O) groups excluding carboxylic acids is 1. The zero-order valence-corrected chi connectivity index (χ0v) is 11.7. The van der Waals surface area contributed by atoms with Crippen molar-refractivity contribution in [2.75, 3.05) is 5.73 Å². The van der Waals surface area contributed by atoms with Crippen LogP contribution in [0.2, 0.25) is 0 Å². The van der Waals surface area contributed by atoms with Gasteiger partial charge in [0, 0.05) is 15.7 Å². The summed E-state index contributed by atoms with van der Waals surface area (Å²) in [7, 11) is 0. The van der Waals surface area contributed by atoms with Crippen molar-refractivity contribution in [1.82, 2.24) is 0 Å². The number of hydrogen-bond donors (Lipinski definition) is 1. The van der Waals surface area contributed by atoms with Gasteiger partial charge in [0.2, 0.25) is 5.78 Å². The van der Waals surface area contributed by atoms with E-state index < -0.39 is 17.5 Å². The molecule has 2 rings (SSSR count). The van der Waals surface area contributed by atoms with Crippen molar-refractivity contribution in [3.05, 3.63) is 50.1 Å². The topological polar surface area (TPSA) is 43.1 Å². The van der Waals surface area contributed by atoms with E-state index >= 15 is 0 Å². The Balaban J connectivity index is 2.51. The maximum atomic E-state index is 12.6. The van der Waals surface area contributed by atoms with Crippen molar-refractivity contribution in [3.63, 3.8) is 0 Å². The van der Waals surface area contributed by atoms with Gasteiger partial charge in [-0.15, -0.1) is 11.3 Å². The number of halogens is 4. The second-order valence-corrected chi connectivity index (χ2v) is 5.50. The third-order valence-corrected chi connectivity index (χ3v) is 4.29. The molecule has 7 heteroatoms. The average Bonchev–Trinajstić information content (AvgIpc) is 2.73. The average molecular weight is 350 g/mol. The number of rotatable bonds is 2. The van der Waals surface area contributed by atoms with E-state index in [1.165, 1.54) is 0 Å². The number of thiophene rings is 1. The lowest BCUT2D eigenvalue weighted by molar-refractivity contribution is -0.137. The highest BCUT2D eigenvalue weighted by atomic mass is 79.9. The first-order valence-electron chi connectivity index (χ1n) is 5.05. The van der Waals surface area contributed by atoms with Crippen LogP contribution in [0.15, 0.2) is 34.1 Å². The van der Waals surface area contributed by atoms with Gasteiger partial charge in [0.05, 0.1) is 10.4 Å². The molecule has 0 bridgehead atoms. The standard InChI is InChI=1S/C12H7BrF3NOS/c13-8-3-4-19-11(8)10(18)7-5-6(12(14,15)16)1-2-9(7)17/h1-5H,17H2. The van der Waals surface area contributed by atoms with Crippen LogP contribution in [0.3, 0.4) is 0 Å². The molecule has 2 nitrogen and oxygen atoms in total. The Morgan fingerprint density at radius 1 is 1.26 bits per heavy atom. The number of hydrogen-bond acceptors (Lipinski definition) is 3. The fourth-order valence-electron chi connectivity index (χ4n) is 1.51. The van der Waals surface area contributed by atoms with E-state index in [-0.39, 0.29) is 11.3 Å². The molecule has 19 heavy (non-hydrogen) atoms. The number of anilines is 1. The van der Waals surface area contributed by atoms with Gasteiger partial charge >= 0.3 is 6.18 Å². The third-order valence-electron chi connectivity index (χ3n) is 2.45. The Morgan fingerprint density at radius 3 is 2.47 bits per heavy atom. The highest BCUT2D eigenvalue weighted by molar-refractivity contribution is 9.10. The smallest absolute Gasteiger partial charge is 0.398 e. The van der Waals surface area contributed by atoms with E-state index in [2.05, 4.69) is 15.9 Å². The van der Waals surface area contributed by atoms with Gasteiger partial charge in [-0.25, -0.2) is 0 Å². The number of alkyl halides is 3. The van der Waals surface area contributed by atoms with Gasteiger partial charge in [-0.1, -0.05) is 0 Å². The van der Waals surface area contributed by atoms with Crippen molar-refractivity contribution >= 4 is 38.7 Å². The molecule has 1 aromatic carbocycles. The molecular weight excluding hydrogens is 343 g/mol. The van der Waals surface area contributed by atoms with Gasteiger partial charge in [-0.05, 0) is 45.6 Å². The Labute approximate surface area is 119 Å². The fourth-order valence-corrected chi connectivity index (χ4v) is 3.01. The number of nitrogen functional groups attached to an aromatic ring is 1. The first kappa shape index (κ1) is 14.1. The fraction of sp³-hybridized carbons (Fsp3) is 0.0833. The highest BCUT2D eigenvalue weighted by Crippen LogP contribution is 2.33. The van der Waals surface area contributed by atoms with Crippen LogP contribution >= 0.6 is 27.3 Å². The zero-order valence-electron chi connectivity index (χ0n) is 9.29. The van der Waals surface area contributed by atoms with Gasteiger partial charge in [0.15, 0.2) is 0 Å². The van der Waals surface area contributed by atoms with E-state index in [4.69, 9.17) is 5.73 Å². The lowest BCUT2D eigenvalue weighted by Gasteiger charge is -2.10. The van der Waals surface area contributed by atoms with Crippen molar-refractivity contribution < 1.29 is 18.0 Å². The number of benzene rings is 1. The first-order chi connectivity index (χ1) is 8.80. The van der Waals surface area contributed by atoms with Gasteiger partial charge < -0.3 is 5.73 Å². The Morgan fingerprint density at radius 2 is 1.95 bits per heavy atom. The molecule has 1 aromatic heterocycles. The van der Waals surface area contributed by atoms with Gasteiger partial charge in [0.25, 0.3) is 0 Å². The van der Waals surface area contributed by atoms with E-state index in [0.717, 1.165) is 29.5 Å². The summed E-state index contributed by atoms with van der Waals surface area (Å²) in [6.07, 6.45) is -4.50. The maximum absolute atomic E-state index is 12.6. The van der Waals surface area contributed by atoms with E-state index in [9.17, 15) is 18.0 Å². The van der Waals surface area contributed by atoms with Crippen LogP contribution in [0.4, 0.5) is 18.9 Å². The second-order valence-electron chi connectivity index (χ2n) is 3.73. The molecule has 0 aliphatic heterocycles. The Kier molecular flexibility index (Phi) is 3.69. The summed E-state index contributed by atoms with van der Waals surface area (Å²) in [5.41, 5.74) is 4.59. The zero-order chi connectivity index (χ0) is 14.2.